The largest absolute Gasteiger partial charge is 0.343 e. The van der Waals surface area contributed by atoms with Gasteiger partial charge in [-0.25, -0.2) is 15.0 Å². The molecule has 2 aromatic heterocycles. The summed E-state index contributed by atoms with van der Waals surface area (Å²) in [5.74, 6) is 0.427. The molecule has 6 heteroatoms. The first-order valence-electron chi connectivity index (χ1n) is 9.21. The Morgan fingerprint density at radius 3 is 2.65 bits per heavy atom. The summed E-state index contributed by atoms with van der Waals surface area (Å²) in [6, 6.07) is 10.3. The van der Waals surface area contributed by atoms with Crippen molar-refractivity contribution in [2.24, 2.45) is 5.92 Å². The van der Waals surface area contributed by atoms with Crippen molar-refractivity contribution >= 4 is 17.1 Å². The van der Waals surface area contributed by atoms with Crippen LogP contribution in [0.2, 0.25) is 0 Å². The molecule has 2 atom stereocenters. The molecule has 0 radical (unpaired) electrons. The van der Waals surface area contributed by atoms with Crippen LogP contribution in [-0.2, 0) is 11.3 Å². The summed E-state index contributed by atoms with van der Waals surface area (Å²) < 4.78 is 2.04. The minimum atomic E-state index is 0.0345. The molecule has 0 aliphatic heterocycles. The summed E-state index contributed by atoms with van der Waals surface area (Å²) in [4.78, 5) is 28.0. The van der Waals surface area contributed by atoms with Gasteiger partial charge < -0.3 is 9.47 Å². The lowest BCUT2D eigenvalue weighted by Crippen LogP contribution is -2.32. The van der Waals surface area contributed by atoms with Crippen molar-refractivity contribution in [3.8, 4) is 0 Å². The molecular weight excluding hydrogens is 326 g/mol. The van der Waals surface area contributed by atoms with Gasteiger partial charge in [0.15, 0.2) is 5.65 Å². The Hall–Kier alpha value is -2.76. The van der Waals surface area contributed by atoms with E-state index in [4.69, 9.17) is 0 Å². The second-order valence-corrected chi connectivity index (χ2v) is 6.75. The Bertz CT molecular complexity index is 916. The fraction of sp³-hybridized carbons (Fsp3) is 0.400. The zero-order valence-corrected chi connectivity index (χ0v) is 15.2. The molecule has 6 nitrogen and oxygen atoms in total. The van der Waals surface area contributed by atoms with Crippen LogP contribution in [0.25, 0.3) is 11.2 Å². The maximum absolute atomic E-state index is 12.6. The van der Waals surface area contributed by atoms with Gasteiger partial charge in [0.05, 0.1) is 18.6 Å². The number of carbonyl (C=O) groups excluding carboxylic acids is 1. The van der Waals surface area contributed by atoms with Crippen LogP contribution in [0.4, 0.5) is 0 Å². The van der Waals surface area contributed by atoms with Crippen molar-refractivity contribution in [2.75, 3.05) is 13.1 Å². The Kier molecular flexibility index (Phi) is 4.41. The molecule has 0 bridgehead atoms. The highest BCUT2D eigenvalue weighted by atomic mass is 16.2. The van der Waals surface area contributed by atoms with Gasteiger partial charge in [0, 0.05) is 24.9 Å². The molecule has 1 fully saturated rings. The minimum Gasteiger partial charge on any atom is -0.343 e. The van der Waals surface area contributed by atoms with E-state index >= 15 is 0 Å². The van der Waals surface area contributed by atoms with E-state index in [1.165, 1.54) is 5.56 Å². The number of hydrogen-bond donors (Lipinski definition) is 0. The molecule has 134 valence electrons. The van der Waals surface area contributed by atoms with Gasteiger partial charge in [0.25, 0.3) is 0 Å². The molecule has 0 saturated heterocycles. The number of rotatable bonds is 6. The summed E-state index contributed by atoms with van der Waals surface area (Å²) >= 11 is 0. The van der Waals surface area contributed by atoms with Crippen LogP contribution in [0, 0.1) is 5.92 Å². The van der Waals surface area contributed by atoms with Crippen LogP contribution < -0.4 is 0 Å². The fourth-order valence-electron chi connectivity index (χ4n) is 3.61. The van der Waals surface area contributed by atoms with Crippen molar-refractivity contribution in [3.63, 3.8) is 0 Å². The van der Waals surface area contributed by atoms with Gasteiger partial charge in [-0.15, -0.1) is 0 Å². The summed E-state index contributed by atoms with van der Waals surface area (Å²) in [6.07, 6.45) is 4.27. The highest BCUT2D eigenvalue weighted by Gasteiger charge is 2.47. The van der Waals surface area contributed by atoms with Gasteiger partial charge in [-0.2, -0.15) is 0 Å². The molecule has 1 aliphatic rings. The molecule has 4 rings (SSSR count). The number of fused-ring (bicyclic) bond motifs is 1. The van der Waals surface area contributed by atoms with Gasteiger partial charge in [-0.1, -0.05) is 30.3 Å². The molecule has 26 heavy (non-hydrogen) atoms. The van der Waals surface area contributed by atoms with E-state index in [0.29, 0.717) is 0 Å². The summed E-state index contributed by atoms with van der Waals surface area (Å²) in [7, 11) is 0. The van der Waals surface area contributed by atoms with E-state index in [1.807, 2.05) is 47.8 Å². The normalized spacial score (nSPS) is 18.8. The monoisotopic (exact) mass is 349 g/mol. The van der Waals surface area contributed by atoms with Gasteiger partial charge in [0.2, 0.25) is 5.91 Å². The van der Waals surface area contributed by atoms with E-state index in [-0.39, 0.29) is 17.7 Å². The standard InChI is InChI=1S/C20H23N5O/c1-3-24(4-2)20(26)16-10-15(16)17-18-19(22-12-21-17)25(13-23-18)11-14-8-6-5-7-9-14/h5-9,12-13,15-16H,3-4,10-11H2,1-2H3/t15-,16-/m0/s1. The topological polar surface area (TPSA) is 63.9 Å². The zero-order valence-electron chi connectivity index (χ0n) is 15.2. The molecule has 3 aromatic rings. The quantitative estimate of drug-likeness (QED) is 0.686. The van der Waals surface area contributed by atoms with Crippen molar-refractivity contribution < 1.29 is 4.79 Å². The smallest absolute Gasteiger partial charge is 0.226 e. The Labute approximate surface area is 152 Å². The Morgan fingerprint density at radius 1 is 1.15 bits per heavy atom. The maximum atomic E-state index is 12.6. The highest BCUT2D eigenvalue weighted by molar-refractivity contribution is 5.85. The number of benzene rings is 1. The maximum Gasteiger partial charge on any atom is 0.226 e. The first kappa shape index (κ1) is 16.7. The van der Waals surface area contributed by atoms with Crippen LogP contribution in [0.15, 0.2) is 43.0 Å². The number of imidazole rings is 1. The van der Waals surface area contributed by atoms with Crippen LogP contribution in [0.1, 0.15) is 37.4 Å². The predicted octanol–water partition coefficient (Wildman–Crippen LogP) is 2.85. The summed E-state index contributed by atoms with van der Waals surface area (Å²) in [6.45, 7) is 6.27. The number of hydrogen-bond acceptors (Lipinski definition) is 4. The number of carbonyl (C=O) groups is 1. The first-order chi connectivity index (χ1) is 12.7. The van der Waals surface area contributed by atoms with E-state index in [2.05, 4.69) is 27.1 Å². The van der Waals surface area contributed by atoms with Gasteiger partial charge in [-0.3, -0.25) is 4.79 Å². The molecule has 1 saturated carbocycles. The molecular formula is C20H23N5O. The van der Waals surface area contributed by atoms with Crippen LogP contribution >= 0.6 is 0 Å². The van der Waals surface area contributed by atoms with Gasteiger partial charge in [0.1, 0.15) is 11.8 Å². The lowest BCUT2D eigenvalue weighted by molar-refractivity contribution is -0.132. The van der Waals surface area contributed by atoms with E-state index < -0.39 is 0 Å². The molecule has 1 amide bonds. The van der Waals surface area contributed by atoms with Gasteiger partial charge in [-0.05, 0) is 25.8 Å². The SMILES string of the molecule is CCN(CC)C(=O)[C@H]1C[C@@H]1c1ncnc2c1ncn2Cc1ccccc1. The zero-order chi connectivity index (χ0) is 18.1. The van der Waals surface area contributed by atoms with Crippen molar-refractivity contribution in [3.05, 3.63) is 54.2 Å². The predicted molar refractivity (Wildman–Crippen MR) is 99.6 cm³/mol. The second kappa shape index (κ2) is 6.86. The molecule has 0 N–H and O–H groups in total. The number of aromatic nitrogens is 4. The third-order valence-electron chi connectivity index (χ3n) is 5.16. The van der Waals surface area contributed by atoms with E-state index in [1.54, 1.807) is 6.33 Å². The average Bonchev–Trinajstić information content (AvgIpc) is 3.38. The minimum absolute atomic E-state index is 0.0345. The molecule has 0 spiro atoms. The van der Waals surface area contributed by atoms with Crippen molar-refractivity contribution in [1.29, 1.82) is 0 Å². The van der Waals surface area contributed by atoms with Crippen LogP contribution in [-0.4, -0.2) is 43.4 Å². The summed E-state index contributed by atoms with van der Waals surface area (Å²) in [5.41, 5.74) is 3.77. The Morgan fingerprint density at radius 2 is 1.92 bits per heavy atom. The lowest BCUT2D eigenvalue weighted by atomic mass is 10.2. The number of amides is 1. The molecule has 1 aromatic carbocycles. The lowest BCUT2D eigenvalue weighted by Gasteiger charge is -2.18. The molecule has 2 heterocycles. The fourth-order valence-corrected chi connectivity index (χ4v) is 3.61. The first-order valence-corrected chi connectivity index (χ1v) is 9.21. The third kappa shape index (κ3) is 2.96. The van der Waals surface area contributed by atoms with E-state index in [9.17, 15) is 4.79 Å². The van der Waals surface area contributed by atoms with Gasteiger partial charge >= 0.3 is 0 Å². The van der Waals surface area contributed by atoms with Crippen molar-refractivity contribution in [1.82, 2.24) is 24.4 Å². The van der Waals surface area contributed by atoms with Crippen molar-refractivity contribution in [2.45, 2.75) is 32.7 Å². The van der Waals surface area contributed by atoms with E-state index in [0.717, 1.165) is 42.9 Å². The van der Waals surface area contributed by atoms with Crippen LogP contribution in [0.3, 0.4) is 0 Å². The second-order valence-electron chi connectivity index (χ2n) is 6.75. The van der Waals surface area contributed by atoms with Crippen LogP contribution in [0.5, 0.6) is 0 Å². The third-order valence-corrected chi connectivity index (χ3v) is 5.16. The number of nitrogens with zero attached hydrogens (tertiary/aromatic N) is 5. The molecule has 1 aliphatic carbocycles. The Balaban J connectivity index is 1.59. The average molecular weight is 349 g/mol. The highest BCUT2D eigenvalue weighted by Crippen LogP contribution is 2.49. The summed E-state index contributed by atoms with van der Waals surface area (Å²) in [5, 5.41) is 0. The molecule has 0 unspecified atom stereocenters.